The fourth-order valence-corrected chi connectivity index (χ4v) is 3.86. The molecule has 1 atom stereocenters. The summed E-state index contributed by atoms with van der Waals surface area (Å²) in [6, 6.07) is 15.5. The average Bonchev–Trinajstić information content (AvgIpc) is 2.88. The summed E-state index contributed by atoms with van der Waals surface area (Å²) in [5.41, 5.74) is 3.71. The Morgan fingerprint density at radius 3 is 2.38 bits per heavy atom. The number of halogens is 1. The summed E-state index contributed by atoms with van der Waals surface area (Å²) < 4.78 is 2.55. The van der Waals surface area contributed by atoms with Crippen LogP contribution in [-0.4, -0.2) is 0 Å². The molecule has 108 valence electrons. The van der Waals surface area contributed by atoms with Crippen LogP contribution in [0.2, 0.25) is 0 Å². The van der Waals surface area contributed by atoms with Crippen LogP contribution >= 0.6 is 27.3 Å². The standard InChI is InChI=1S/C18H18BrNS/c1-11-8-15(9-12(2)18(11)19)20-13(3)17-10-14-6-4-5-7-16(14)21-17/h4-10,13,20H,1-3H3. The van der Waals surface area contributed by atoms with E-state index in [4.69, 9.17) is 0 Å². The van der Waals surface area contributed by atoms with E-state index in [1.165, 1.54) is 36.3 Å². The summed E-state index contributed by atoms with van der Waals surface area (Å²) in [5.74, 6) is 0. The monoisotopic (exact) mass is 359 g/mol. The van der Waals surface area contributed by atoms with E-state index in [0.717, 1.165) is 0 Å². The lowest BCUT2D eigenvalue weighted by atomic mass is 10.1. The van der Waals surface area contributed by atoms with Gasteiger partial charge in [-0.15, -0.1) is 11.3 Å². The molecular formula is C18H18BrNS. The zero-order chi connectivity index (χ0) is 15.0. The normalized spacial score (nSPS) is 12.6. The highest BCUT2D eigenvalue weighted by Crippen LogP contribution is 2.32. The van der Waals surface area contributed by atoms with Gasteiger partial charge in [0.1, 0.15) is 0 Å². The Balaban J connectivity index is 1.87. The molecule has 1 heterocycles. The molecule has 0 bridgehead atoms. The summed E-state index contributed by atoms with van der Waals surface area (Å²) in [6.07, 6.45) is 0. The highest BCUT2D eigenvalue weighted by molar-refractivity contribution is 9.10. The first-order valence-corrected chi connectivity index (χ1v) is 8.67. The summed E-state index contributed by atoms with van der Waals surface area (Å²) in [6.45, 7) is 6.48. The molecule has 1 N–H and O–H groups in total. The third kappa shape index (κ3) is 2.99. The van der Waals surface area contributed by atoms with Crippen molar-refractivity contribution in [2.45, 2.75) is 26.8 Å². The fourth-order valence-electron chi connectivity index (χ4n) is 2.57. The minimum Gasteiger partial charge on any atom is -0.378 e. The molecule has 0 aliphatic carbocycles. The second-order valence-electron chi connectivity index (χ2n) is 5.48. The van der Waals surface area contributed by atoms with Gasteiger partial charge in [0.2, 0.25) is 0 Å². The first-order valence-electron chi connectivity index (χ1n) is 7.06. The van der Waals surface area contributed by atoms with E-state index in [0.29, 0.717) is 6.04 Å². The first-order chi connectivity index (χ1) is 10.0. The summed E-state index contributed by atoms with van der Waals surface area (Å²) in [4.78, 5) is 1.37. The Bertz CT molecular complexity index is 735. The van der Waals surface area contributed by atoms with Crippen LogP contribution in [0.4, 0.5) is 5.69 Å². The van der Waals surface area contributed by atoms with Crippen LogP contribution in [0.15, 0.2) is 46.9 Å². The van der Waals surface area contributed by atoms with Crippen molar-refractivity contribution in [3.05, 3.63) is 62.9 Å². The molecule has 0 amide bonds. The van der Waals surface area contributed by atoms with Crippen LogP contribution in [0.25, 0.3) is 10.1 Å². The molecule has 3 aromatic rings. The van der Waals surface area contributed by atoms with Crippen LogP contribution in [0, 0.1) is 13.8 Å². The molecule has 0 aliphatic rings. The molecule has 0 aliphatic heterocycles. The SMILES string of the molecule is Cc1cc(NC(C)c2cc3ccccc3s2)cc(C)c1Br. The molecular weight excluding hydrogens is 342 g/mol. The number of anilines is 1. The second kappa shape index (κ2) is 5.82. The minimum atomic E-state index is 0.308. The molecule has 2 aromatic carbocycles. The van der Waals surface area contributed by atoms with Gasteiger partial charge in [0.15, 0.2) is 0 Å². The molecule has 3 heteroatoms. The third-order valence-electron chi connectivity index (χ3n) is 3.69. The van der Waals surface area contributed by atoms with Crippen molar-refractivity contribution in [3.8, 4) is 0 Å². The van der Waals surface area contributed by atoms with Crippen LogP contribution in [0.5, 0.6) is 0 Å². The van der Waals surface area contributed by atoms with Gasteiger partial charge < -0.3 is 5.32 Å². The maximum Gasteiger partial charge on any atom is 0.0578 e. The zero-order valence-electron chi connectivity index (χ0n) is 12.4. The first kappa shape index (κ1) is 14.6. The minimum absolute atomic E-state index is 0.308. The molecule has 1 unspecified atom stereocenters. The van der Waals surface area contributed by atoms with E-state index in [1.807, 2.05) is 11.3 Å². The van der Waals surface area contributed by atoms with Crippen molar-refractivity contribution in [2.24, 2.45) is 0 Å². The summed E-state index contributed by atoms with van der Waals surface area (Å²) in [5, 5.41) is 4.95. The van der Waals surface area contributed by atoms with Crippen molar-refractivity contribution in [2.75, 3.05) is 5.32 Å². The number of hydrogen-bond donors (Lipinski definition) is 1. The second-order valence-corrected chi connectivity index (χ2v) is 7.38. The number of fused-ring (bicyclic) bond motifs is 1. The maximum atomic E-state index is 3.62. The number of hydrogen-bond acceptors (Lipinski definition) is 2. The van der Waals surface area contributed by atoms with Gasteiger partial charge in [-0.1, -0.05) is 34.1 Å². The van der Waals surface area contributed by atoms with Gasteiger partial charge in [-0.25, -0.2) is 0 Å². The highest BCUT2D eigenvalue weighted by atomic mass is 79.9. The topological polar surface area (TPSA) is 12.0 Å². The van der Waals surface area contributed by atoms with Crippen LogP contribution in [0.3, 0.4) is 0 Å². The van der Waals surface area contributed by atoms with E-state index < -0.39 is 0 Å². The quantitative estimate of drug-likeness (QED) is 0.566. The van der Waals surface area contributed by atoms with Crippen molar-refractivity contribution in [1.29, 1.82) is 0 Å². The molecule has 0 radical (unpaired) electrons. The molecule has 0 fully saturated rings. The smallest absolute Gasteiger partial charge is 0.0578 e. The molecule has 3 rings (SSSR count). The van der Waals surface area contributed by atoms with E-state index in [9.17, 15) is 0 Å². The number of nitrogens with one attached hydrogen (secondary N) is 1. The van der Waals surface area contributed by atoms with E-state index in [-0.39, 0.29) is 0 Å². The summed E-state index contributed by atoms with van der Waals surface area (Å²) >= 11 is 5.49. The number of benzene rings is 2. The van der Waals surface area contributed by atoms with Gasteiger partial charge in [0.05, 0.1) is 6.04 Å². The Kier molecular flexibility index (Phi) is 4.05. The number of rotatable bonds is 3. The lowest BCUT2D eigenvalue weighted by Crippen LogP contribution is -2.05. The van der Waals surface area contributed by atoms with E-state index in [2.05, 4.69) is 84.5 Å². The predicted molar refractivity (Wildman–Crippen MR) is 97.5 cm³/mol. The average molecular weight is 360 g/mol. The predicted octanol–water partition coefficient (Wildman–Crippen LogP) is 6.45. The molecule has 0 spiro atoms. The Morgan fingerprint density at radius 1 is 1.05 bits per heavy atom. The van der Waals surface area contributed by atoms with Gasteiger partial charge in [0, 0.05) is 19.7 Å². The lowest BCUT2D eigenvalue weighted by Gasteiger charge is -2.16. The number of aryl methyl sites for hydroxylation is 2. The highest BCUT2D eigenvalue weighted by Gasteiger charge is 2.10. The van der Waals surface area contributed by atoms with Crippen LogP contribution in [-0.2, 0) is 0 Å². The third-order valence-corrected chi connectivity index (χ3v) is 6.24. The van der Waals surface area contributed by atoms with Crippen molar-refractivity contribution in [3.63, 3.8) is 0 Å². The van der Waals surface area contributed by atoms with Crippen LogP contribution < -0.4 is 5.32 Å². The molecule has 1 aromatic heterocycles. The molecule has 1 nitrogen and oxygen atoms in total. The molecule has 21 heavy (non-hydrogen) atoms. The Morgan fingerprint density at radius 2 is 1.71 bits per heavy atom. The Hall–Kier alpha value is -1.32. The lowest BCUT2D eigenvalue weighted by molar-refractivity contribution is 0.908. The van der Waals surface area contributed by atoms with Gasteiger partial charge in [0.25, 0.3) is 0 Å². The van der Waals surface area contributed by atoms with E-state index >= 15 is 0 Å². The maximum absolute atomic E-state index is 3.62. The largest absolute Gasteiger partial charge is 0.378 e. The van der Waals surface area contributed by atoms with Gasteiger partial charge in [-0.2, -0.15) is 0 Å². The van der Waals surface area contributed by atoms with Crippen LogP contribution in [0.1, 0.15) is 29.0 Å². The molecule has 0 saturated carbocycles. The van der Waals surface area contributed by atoms with Gasteiger partial charge in [-0.05, 0) is 61.5 Å². The van der Waals surface area contributed by atoms with Crippen molar-refractivity contribution in [1.82, 2.24) is 0 Å². The number of thiophene rings is 1. The van der Waals surface area contributed by atoms with Gasteiger partial charge >= 0.3 is 0 Å². The summed E-state index contributed by atoms with van der Waals surface area (Å²) in [7, 11) is 0. The zero-order valence-corrected chi connectivity index (χ0v) is 14.8. The van der Waals surface area contributed by atoms with Gasteiger partial charge in [-0.3, -0.25) is 0 Å². The van der Waals surface area contributed by atoms with Crippen molar-refractivity contribution < 1.29 is 0 Å². The van der Waals surface area contributed by atoms with Crippen molar-refractivity contribution >= 4 is 43.0 Å². The molecule has 0 saturated heterocycles. The fraction of sp³-hybridized carbons (Fsp3) is 0.222. The van der Waals surface area contributed by atoms with E-state index in [1.54, 1.807) is 0 Å². The Labute approximate surface area is 138 Å².